The minimum absolute atomic E-state index is 0.225. The van der Waals surface area contributed by atoms with Gasteiger partial charge in [-0.05, 0) is 36.8 Å². The van der Waals surface area contributed by atoms with E-state index in [9.17, 15) is 8.42 Å². The largest absolute Gasteiger partial charge is 0.370 e. The molecule has 0 aliphatic heterocycles. The number of fused-ring (bicyclic) bond motifs is 1. The highest BCUT2D eigenvalue weighted by Crippen LogP contribution is 2.18. The van der Waals surface area contributed by atoms with Gasteiger partial charge in [-0.15, -0.1) is 0 Å². The SMILES string of the molecule is CCNc1cc(C)nc(NCCNS(=O)(=O)c2ccc3ccccc3c2)n1. The van der Waals surface area contributed by atoms with Crippen LogP contribution in [0.3, 0.4) is 0 Å². The molecule has 1 aromatic heterocycles. The molecule has 0 atom stereocenters. The Morgan fingerprint density at radius 2 is 1.70 bits per heavy atom. The summed E-state index contributed by atoms with van der Waals surface area (Å²) in [5.74, 6) is 1.21. The van der Waals surface area contributed by atoms with Crippen molar-refractivity contribution in [3.63, 3.8) is 0 Å². The third kappa shape index (κ3) is 4.93. The first-order valence-corrected chi connectivity index (χ1v) is 10.3. The molecule has 0 saturated heterocycles. The topological polar surface area (TPSA) is 96.0 Å². The van der Waals surface area contributed by atoms with E-state index >= 15 is 0 Å². The molecular formula is C19H23N5O2S. The number of anilines is 2. The fraction of sp³-hybridized carbons (Fsp3) is 0.263. The third-order valence-electron chi connectivity index (χ3n) is 3.94. The first kappa shape index (κ1) is 19.1. The van der Waals surface area contributed by atoms with E-state index in [-0.39, 0.29) is 11.4 Å². The van der Waals surface area contributed by atoms with E-state index in [0.717, 1.165) is 28.8 Å². The van der Waals surface area contributed by atoms with Crippen LogP contribution in [0.5, 0.6) is 0 Å². The molecule has 27 heavy (non-hydrogen) atoms. The molecule has 1 heterocycles. The van der Waals surface area contributed by atoms with Crippen molar-refractivity contribution in [2.24, 2.45) is 0 Å². The first-order valence-electron chi connectivity index (χ1n) is 8.80. The van der Waals surface area contributed by atoms with Crippen LogP contribution in [0.1, 0.15) is 12.6 Å². The van der Waals surface area contributed by atoms with Crippen LogP contribution in [0.25, 0.3) is 10.8 Å². The average Bonchev–Trinajstić information content (AvgIpc) is 2.65. The van der Waals surface area contributed by atoms with Gasteiger partial charge in [-0.2, -0.15) is 4.98 Å². The van der Waals surface area contributed by atoms with Crippen LogP contribution in [-0.2, 0) is 10.0 Å². The molecule has 2 aromatic carbocycles. The molecule has 3 aromatic rings. The van der Waals surface area contributed by atoms with E-state index < -0.39 is 10.0 Å². The van der Waals surface area contributed by atoms with E-state index in [1.807, 2.05) is 50.2 Å². The van der Waals surface area contributed by atoms with Crippen LogP contribution in [0.15, 0.2) is 53.4 Å². The Balaban J connectivity index is 1.60. The van der Waals surface area contributed by atoms with E-state index in [2.05, 4.69) is 25.3 Å². The number of nitrogens with zero attached hydrogens (tertiary/aromatic N) is 2. The fourth-order valence-corrected chi connectivity index (χ4v) is 3.76. The molecule has 0 saturated carbocycles. The standard InChI is InChI=1S/C19H23N5O2S/c1-3-20-18-12-14(2)23-19(24-18)21-10-11-22-27(25,26)17-9-8-15-6-4-5-7-16(15)13-17/h4-9,12-13,22H,3,10-11H2,1-2H3,(H2,20,21,23,24). The van der Waals surface area contributed by atoms with Gasteiger partial charge in [0.25, 0.3) is 0 Å². The Hall–Kier alpha value is -2.71. The zero-order chi connectivity index (χ0) is 19.3. The number of aryl methyl sites for hydroxylation is 1. The predicted octanol–water partition coefficient (Wildman–Crippen LogP) is 2.76. The van der Waals surface area contributed by atoms with Crippen LogP contribution in [-0.4, -0.2) is 38.0 Å². The Kier molecular flexibility index (Phi) is 5.88. The van der Waals surface area contributed by atoms with Gasteiger partial charge in [0.2, 0.25) is 16.0 Å². The average molecular weight is 385 g/mol. The van der Waals surface area contributed by atoms with Crippen LogP contribution < -0.4 is 15.4 Å². The van der Waals surface area contributed by atoms with Gasteiger partial charge in [-0.3, -0.25) is 0 Å². The lowest BCUT2D eigenvalue weighted by molar-refractivity contribution is 0.583. The molecule has 0 fully saturated rings. The molecule has 3 N–H and O–H groups in total. The first-order chi connectivity index (χ1) is 13.0. The minimum atomic E-state index is -3.57. The van der Waals surface area contributed by atoms with Crippen molar-refractivity contribution in [1.29, 1.82) is 0 Å². The maximum Gasteiger partial charge on any atom is 0.240 e. The maximum atomic E-state index is 12.5. The lowest BCUT2D eigenvalue weighted by Crippen LogP contribution is -2.29. The van der Waals surface area contributed by atoms with Crippen molar-refractivity contribution < 1.29 is 8.42 Å². The van der Waals surface area contributed by atoms with Crippen molar-refractivity contribution in [2.45, 2.75) is 18.7 Å². The molecule has 8 heteroatoms. The maximum absolute atomic E-state index is 12.5. The number of hydrogen-bond donors (Lipinski definition) is 3. The number of sulfonamides is 1. The summed E-state index contributed by atoms with van der Waals surface area (Å²) in [6.07, 6.45) is 0. The van der Waals surface area contributed by atoms with Crippen molar-refractivity contribution in [2.75, 3.05) is 30.3 Å². The number of hydrogen-bond acceptors (Lipinski definition) is 6. The van der Waals surface area contributed by atoms with E-state index in [4.69, 9.17) is 0 Å². The van der Waals surface area contributed by atoms with Crippen molar-refractivity contribution in [3.05, 3.63) is 54.2 Å². The Labute approximate surface area is 159 Å². The Morgan fingerprint density at radius 3 is 2.48 bits per heavy atom. The molecule has 0 radical (unpaired) electrons. The van der Waals surface area contributed by atoms with Gasteiger partial charge in [0.05, 0.1) is 4.90 Å². The zero-order valence-electron chi connectivity index (χ0n) is 15.4. The highest BCUT2D eigenvalue weighted by molar-refractivity contribution is 7.89. The predicted molar refractivity (Wildman–Crippen MR) is 109 cm³/mol. The lowest BCUT2D eigenvalue weighted by Gasteiger charge is -2.10. The number of benzene rings is 2. The van der Waals surface area contributed by atoms with Crippen molar-refractivity contribution in [3.8, 4) is 0 Å². The molecule has 7 nitrogen and oxygen atoms in total. The zero-order valence-corrected chi connectivity index (χ0v) is 16.2. The highest BCUT2D eigenvalue weighted by atomic mass is 32.2. The van der Waals surface area contributed by atoms with Gasteiger partial charge in [0.1, 0.15) is 5.82 Å². The van der Waals surface area contributed by atoms with Gasteiger partial charge in [-0.25, -0.2) is 18.1 Å². The van der Waals surface area contributed by atoms with E-state index in [1.54, 1.807) is 12.1 Å². The van der Waals surface area contributed by atoms with Gasteiger partial charge in [-0.1, -0.05) is 30.3 Å². The van der Waals surface area contributed by atoms with Gasteiger partial charge in [0, 0.05) is 31.4 Å². The molecular weight excluding hydrogens is 362 g/mol. The van der Waals surface area contributed by atoms with Crippen LogP contribution >= 0.6 is 0 Å². The van der Waals surface area contributed by atoms with Crippen molar-refractivity contribution >= 4 is 32.6 Å². The molecule has 0 aliphatic rings. The number of rotatable bonds is 8. The van der Waals surface area contributed by atoms with Gasteiger partial charge < -0.3 is 10.6 Å². The Morgan fingerprint density at radius 1 is 0.926 bits per heavy atom. The second kappa shape index (κ2) is 8.32. The van der Waals surface area contributed by atoms with Crippen LogP contribution in [0, 0.1) is 6.92 Å². The molecule has 0 unspecified atom stereocenters. The molecule has 142 valence electrons. The van der Waals surface area contributed by atoms with Crippen LogP contribution in [0.4, 0.5) is 11.8 Å². The summed E-state index contributed by atoms with van der Waals surface area (Å²) in [4.78, 5) is 8.89. The third-order valence-corrected chi connectivity index (χ3v) is 5.40. The molecule has 0 spiro atoms. The summed E-state index contributed by atoms with van der Waals surface area (Å²) in [5.41, 5.74) is 0.834. The number of aromatic nitrogens is 2. The fourth-order valence-electron chi connectivity index (χ4n) is 2.70. The molecule has 0 bridgehead atoms. The monoisotopic (exact) mass is 385 g/mol. The molecule has 3 rings (SSSR count). The van der Waals surface area contributed by atoms with Gasteiger partial charge in [0.15, 0.2) is 0 Å². The minimum Gasteiger partial charge on any atom is -0.370 e. The summed E-state index contributed by atoms with van der Waals surface area (Å²) in [7, 11) is -3.57. The summed E-state index contributed by atoms with van der Waals surface area (Å²) >= 11 is 0. The number of nitrogens with one attached hydrogen (secondary N) is 3. The molecule has 0 amide bonds. The second-order valence-electron chi connectivity index (χ2n) is 6.08. The van der Waals surface area contributed by atoms with E-state index in [0.29, 0.717) is 12.5 Å². The molecule has 0 aliphatic carbocycles. The lowest BCUT2D eigenvalue weighted by atomic mass is 10.1. The normalized spacial score (nSPS) is 11.5. The highest BCUT2D eigenvalue weighted by Gasteiger charge is 2.13. The smallest absolute Gasteiger partial charge is 0.240 e. The summed E-state index contributed by atoms with van der Waals surface area (Å²) in [6.45, 7) is 5.24. The van der Waals surface area contributed by atoms with Crippen molar-refractivity contribution in [1.82, 2.24) is 14.7 Å². The summed E-state index contributed by atoms with van der Waals surface area (Å²) in [5, 5.41) is 8.08. The summed E-state index contributed by atoms with van der Waals surface area (Å²) < 4.78 is 27.6. The van der Waals surface area contributed by atoms with Crippen LogP contribution in [0.2, 0.25) is 0 Å². The second-order valence-corrected chi connectivity index (χ2v) is 7.85. The summed E-state index contributed by atoms with van der Waals surface area (Å²) in [6, 6.07) is 14.6. The quantitative estimate of drug-likeness (QED) is 0.516. The van der Waals surface area contributed by atoms with E-state index in [1.165, 1.54) is 0 Å². The van der Waals surface area contributed by atoms with Gasteiger partial charge >= 0.3 is 0 Å². The Bertz CT molecular complexity index is 1040.